The number of carbonyl (C=O) groups excluding carboxylic acids is 1. The zero-order valence-corrected chi connectivity index (χ0v) is 11.5. The van der Waals surface area contributed by atoms with Crippen molar-refractivity contribution in [2.45, 2.75) is 32.7 Å². The first-order chi connectivity index (χ1) is 9.15. The third kappa shape index (κ3) is 4.10. The topological polar surface area (TPSA) is 56.9 Å². The molecule has 0 saturated carbocycles. The number of anilines is 1. The van der Waals surface area contributed by atoms with Crippen molar-refractivity contribution in [3.05, 3.63) is 30.5 Å². The highest BCUT2D eigenvalue weighted by Gasteiger charge is 2.03. The highest BCUT2D eigenvalue weighted by Crippen LogP contribution is 2.17. The average molecular weight is 259 g/mol. The molecule has 102 valence electrons. The van der Waals surface area contributed by atoms with Crippen molar-refractivity contribution in [1.82, 2.24) is 10.3 Å². The first-order valence-corrected chi connectivity index (χ1v) is 6.75. The summed E-state index contributed by atoms with van der Waals surface area (Å²) in [5.41, 5.74) is 1.94. The van der Waals surface area contributed by atoms with Gasteiger partial charge in [-0.3, -0.25) is 4.79 Å². The molecule has 0 aliphatic carbocycles. The van der Waals surface area contributed by atoms with Crippen LogP contribution in [0.25, 0.3) is 10.9 Å². The molecule has 4 nitrogen and oxygen atoms in total. The molecule has 0 bridgehead atoms. The molecule has 1 aromatic carbocycles. The van der Waals surface area contributed by atoms with Crippen molar-refractivity contribution in [1.29, 1.82) is 0 Å². The fraction of sp³-hybridized carbons (Fsp3) is 0.400. The van der Waals surface area contributed by atoms with Crippen LogP contribution in [0.3, 0.4) is 0 Å². The number of nitrogens with one attached hydrogen (secondary N) is 3. The van der Waals surface area contributed by atoms with Gasteiger partial charge in [0, 0.05) is 35.2 Å². The van der Waals surface area contributed by atoms with E-state index in [1.807, 2.05) is 30.5 Å². The molecule has 0 radical (unpaired) electrons. The summed E-state index contributed by atoms with van der Waals surface area (Å²) in [4.78, 5) is 14.9. The molecule has 1 amide bonds. The van der Waals surface area contributed by atoms with E-state index in [9.17, 15) is 4.79 Å². The Kier molecular flexibility index (Phi) is 4.58. The van der Waals surface area contributed by atoms with E-state index in [0.29, 0.717) is 12.5 Å². The van der Waals surface area contributed by atoms with Crippen LogP contribution < -0.4 is 10.6 Å². The van der Waals surface area contributed by atoms with E-state index in [-0.39, 0.29) is 5.91 Å². The van der Waals surface area contributed by atoms with E-state index in [1.54, 1.807) is 0 Å². The minimum Gasteiger partial charge on any atom is -0.361 e. The van der Waals surface area contributed by atoms with Gasteiger partial charge in [-0.1, -0.05) is 13.8 Å². The van der Waals surface area contributed by atoms with Crippen LogP contribution in [0.15, 0.2) is 30.5 Å². The lowest BCUT2D eigenvalue weighted by Crippen LogP contribution is -2.24. The minimum absolute atomic E-state index is 0.0699. The van der Waals surface area contributed by atoms with E-state index >= 15 is 0 Å². The molecular weight excluding hydrogens is 238 g/mol. The fourth-order valence-electron chi connectivity index (χ4n) is 1.99. The lowest BCUT2D eigenvalue weighted by atomic mass is 10.2. The Morgan fingerprint density at radius 2 is 2.16 bits per heavy atom. The molecule has 1 heterocycles. The van der Waals surface area contributed by atoms with Crippen LogP contribution in [0.4, 0.5) is 5.69 Å². The van der Waals surface area contributed by atoms with Crippen LogP contribution in [0.1, 0.15) is 26.7 Å². The van der Waals surface area contributed by atoms with Gasteiger partial charge in [0.25, 0.3) is 0 Å². The second-order valence-electron chi connectivity index (χ2n) is 5.04. The molecule has 0 atom stereocenters. The molecule has 3 N–H and O–H groups in total. The lowest BCUT2D eigenvalue weighted by molar-refractivity contribution is -0.116. The molecule has 0 unspecified atom stereocenters. The van der Waals surface area contributed by atoms with E-state index in [0.717, 1.165) is 29.6 Å². The van der Waals surface area contributed by atoms with Crippen LogP contribution in [0, 0.1) is 0 Å². The third-order valence-corrected chi connectivity index (χ3v) is 2.97. The Morgan fingerprint density at radius 3 is 2.95 bits per heavy atom. The van der Waals surface area contributed by atoms with Gasteiger partial charge < -0.3 is 15.6 Å². The van der Waals surface area contributed by atoms with Crippen LogP contribution in [-0.2, 0) is 4.79 Å². The first kappa shape index (κ1) is 13.6. The molecule has 2 aromatic rings. The Labute approximate surface area is 113 Å². The summed E-state index contributed by atoms with van der Waals surface area (Å²) in [6.07, 6.45) is 3.30. The summed E-state index contributed by atoms with van der Waals surface area (Å²) in [6, 6.07) is 8.35. The van der Waals surface area contributed by atoms with Gasteiger partial charge >= 0.3 is 0 Å². The van der Waals surface area contributed by atoms with Crippen LogP contribution in [0.2, 0.25) is 0 Å². The van der Waals surface area contributed by atoms with Crippen molar-refractivity contribution >= 4 is 22.5 Å². The van der Waals surface area contributed by atoms with Gasteiger partial charge in [-0.2, -0.15) is 0 Å². The Hall–Kier alpha value is -1.81. The molecule has 19 heavy (non-hydrogen) atoms. The van der Waals surface area contributed by atoms with Gasteiger partial charge in [0.15, 0.2) is 0 Å². The van der Waals surface area contributed by atoms with E-state index < -0.39 is 0 Å². The largest absolute Gasteiger partial charge is 0.361 e. The van der Waals surface area contributed by atoms with Crippen molar-refractivity contribution in [3.8, 4) is 0 Å². The van der Waals surface area contributed by atoms with Crippen LogP contribution in [0.5, 0.6) is 0 Å². The standard InChI is InChI=1S/C15H21N3O/c1-11(2)16-8-3-4-15(19)18-13-5-6-14-12(10-13)7-9-17-14/h5-7,9-11,16-17H,3-4,8H2,1-2H3,(H,18,19). The number of rotatable bonds is 6. The number of aromatic nitrogens is 1. The highest BCUT2D eigenvalue weighted by molar-refractivity contribution is 5.93. The number of hydrogen-bond acceptors (Lipinski definition) is 2. The molecule has 4 heteroatoms. The van der Waals surface area contributed by atoms with Gasteiger partial charge in [0.05, 0.1) is 0 Å². The van der Waals surface area contributed by atoms with Crippen molar-refractivity contribution in [3.63, 3.8) is 0 Å². The van der Waals surface area contributed by atoms with Crippen LogP contribution >= 0.6 is 0 Å². The summed E-state index contributed by atoms with van der Waals surface area (Å²) in [6.45, 7) is 5.08. The van der Waals surface area contributed by atoms with E-state index in [1.165, 1.54) is 0 Å². The maximum absolute atomic E-state index is 11.8. The monoisotopic (exact) mass is 259 g/mol. The number of carbonyl (C=O) groups is 1. The zero-order valence-electron chi connectivity index (χ0n) is 11.5. The van der Waals surface area contributed by atoms with Gasteiger partial charge in [0.1, 0.15) is 0 Å². The summed E-state index contributed by atoms with van der Waals surface area (Å²) in [7, 11) is 0. The second-order valence-corrected chi connectivity index (χ2v) is 5.04. The van der Waals surface area contributed by atoms with Gasteiger partial charge in [-0.05, 0) is 37.2 Å². The highest BCUT2D eigenvalue weighted by atomic mass is 16.1. The normalized spacial score (nSPS) is 11.1. The Morgan fingerprint density at radius 1 is 1.32 bits per heavy atom. The number of hydrogen-bond donors (Lipinski definition) is 3. The number of H-pyrrole nitrogens is 1. The van der Waals surface area contributed by atoms with E-state index in [2.05, 4.69) is 29.5 Å². The molecule has 0 saturated heterocycles. The third-order valence-electron chi connectivity index (χ3n) is 2.97. The number of amides is 1. The van der Waals surface area contributed by atoms with Gasteiger partial charge in [-0.15, -0.1) is 0 Å². The summed E-state index contributed by atoms with van der Waals surface area (Å²) in [5, 5.41) is 7.34. The second kappa shape index (κ2) is 6.38. The van der Waals surface area contributed by atoms with Gasteiger partial charge in [-0.25, -0.2) is 0 Å². The molecule has 2 rings (SSSR count). The van der Waals surface area contributed by atoms with Crippen LogP contribution in [-0.4, -0.2) is 23.5 Å². The Balaban J connectivity index is 1.81. The molecular formula is C15H21N3O. The predicted molar refractivity (Wildman–Crippen MR) is 79.3 cm³/mol. The zero-order chi connectivity index (χ0) is 13.7. The quantitative estimate of drug-likeness (QED) is 0.699. The van der Waals surface area contributed by atoms with Crippen molar-refractivity contribution in [2.24, 2.45) is 0 Å². The lowest BCUT2D eigenvalue weighted by Gasteiger charge is -2.08. The molecule has 0 spiro atoms. The molecule has 1 aromatic heterocycles. The summed E-state index contributed by atoms with van der Waals surface area (Å²) < 4.78 is 0. The average Bonchev–Trinajstić information content (AvgIpc) is 2.82. The molecule has 0 aliphatic rings. The summed E-state index contributed by atoms with van der Waals surface area (Å²) in [5.74, 6) is 0.0699. The SMILES string of the molecule is CC(C)NCCCC(=O)Nc1ccc2[nH]ccc2c1. The number of aromatic amines is 1. The van der Waals surface area contributed by atoms with Crippen molar-refractivity contribution < 1.29 is 4.79 Å². The fourth-order valence-corrected chi connectivity index (χ4v) is 1.99. The maximum Gasteiger partial charge on any atom is 0.224 e. The summed E-state index contributed by atoms with van der Waals surface area (Å²) >= 11 is 0. The smallest absolute Gasteiger partial charge is 0.224 e. The maximum atomic E-state index is 11.8. The Bertz CT molecular complexity index is 545. The predicted octanol–water partition coefficient (Wildman–Crippen LogP) is 2.88. The van der Waals surface area contributed by atoms with E-state index in [4.69, 9.17) is 0 Å². The molecule has 0 aliphatic heterocycles. The van der Waals surface area contributed by atoms with Gasteiger partial charge in [0.2, 0.25) is 5.91 Å². The first-order valence-electron chi connectivity index (χ1n) is 6.75. The number of fused-ring (bicyclic) bond motifs is 1. The number of benzene rings is 1. The minimum atomic E-state index is 0.0699. The molecule has 0 fully saturated rings. The van der Waals surface area contributed by atoms with Crippen molar-refractivity contribution in [2.75, 3.05) is 11.9 Å².